The van der Waals surface area contributed by atoms with Crippen LogP contribution in [0.15, 0.2) is 126 Å². The number of allylic oxidation sites excluding steroid dienone is 4. The molecule has 2 unspecified atom stereocenters. The van der Waals surface area contributed by atoms with E-state index in [4.69, 9.17) is 0 Å². The molecule has 0 saturated carbocycles. The lowest BCUT2D eigenvalue weighted by molar-refractivity contribution is 0.494. The van der Waals surface area contributed by atoms with Crippen molar-refractivity contribution in [2.45, 2.75) is 41.5 Å². The molecule has 0 N–H and O–H groups in total. The van der Waals surface area contributed by atoms with Crippen LogP contribution in [-0.2, 0) is 0 Å². The molecule has 1 aliphatic carbocycles. The molecule has 2 atom stereocenters. The first-order valence-corrected chi connectivity index (χ1v) is 15.3. The molecule has 206 valence electrons. The van der Waals surface area contributed by atoms with E-state index in [1.54, 1.807) is 0 Å². The summed E-state index contributed by atoms with van der Waals surface area (Å²) in [6.45, 7) is 14.0. The Morgan fingerprint density at radius 1 is 0.452 bits per heavy atom. The first-order valence-electron chi connectivity index (χ1n) is 15.3. The molecule has 0 heteroatoms. The van der Waals surface area contributed by atoms with Crippen LogP contribution in [0.4, 0.5) is 0 Å². The van der Waals surface area contributed by atoms with Crippen LogP contribution in [0.2, 0.25) is 0 Å². The lowest BCUT2D eigenvalue weighted by Gasteiger charge is -2.33. The highest BCUT2D eigenvalue weighted by Crippen LogP contribution is 2.47. The first-order chi connectivity index (χ1) is 20.4. The van der Waals surface area contributed by atoms with Crippen molar-refractivity contribution in [1.29, 1.82) is 0 Å². The summed E-state index contributed by atoms with van der Waals surface area (Å²) in [6.07, 6.45) is 0. The maximum atomic E-state index is 2.42. The van der Waals surface area contributed by atoms with Gasteiger partial charge in [0, 0.05) is 0 Å². The summed E-state index contributed by atoms with van der Waals surface area (Å²) in [5.74, 6) is 1.14. The van der Waals surface area contributed by atoms with E-state index in [9.17, 15) is 0 Å². The maximum absolute atomic E-state index is 2.42. The molecule has 0 fully saturated rings. The van der Waals surface area contributed by atoms with E-state index in [1.807, 2.05) is 0 Å². The van der Waals surface area contributed by atoms with E-state index in [0.717, 1.165) is 0 Å². The minimum Gasteiger partial charge on any atom is -0.0664 e. The molecule has 6 aromatic rings. The zero-order valence-corrected chi connectivity index (χ0v) is 25.5. The van der Waals surface area contributed by atoms with Crippen LogP contribution in [0.25, 0.3) is 60.1 Å². The van der Waals surface area contributed by atoms with Gasteiger partial charge in [-0.2, -0.15) is 0 Å². The quantitative estimate of drug-likeness (QED) is 0.195. The van der Waals surface area contributed by atoms with Gasteiger partial charge in [-0.25, -0.2) is 0 Å². The molecule has 42 heavy (non-hydrogen) atoms. The van der Waals surface area contributed by atoms with Crippen molar-refractivity contribution >= 4 is 37.9 Å². The van der Waals surface area contributed by atoms with Crippen LogP contribution in [0.1, 0.15) is 45.7 Å². The van der Waals surface area contributed by atoms with E-state index in [1.165, 1.54) is 88.0 Å². The SMILES string of the molecule is CC1=C(C)C(C)C(C)C(C)=C1c1ccc(-c2c3ccccc3c(-c3cccc4ccccc34)c3ccccc23)cc1C. The molecule has 0 aromatic heterocycles. The van der Waals surface area contributed by atoms with Crippen molar-refractivity contribution in [3.8, 4) is 22.3 Å². The van der Waals surface area contributed by atoms with Gasteiger partial charge in [-0.1, -0.05) is 134 Å². The van der Waals surface area contributed by atoms with E-state index in [-0.39, 0.29) is 0 Å². The standard InChI is InChI=1S/C42H38/c1-25-24-32(22-23-33(25)40-29(5)27(3)26(2)28(4)30(40)6)41-36-17-9-11-19-38(36)42(39-20-12-10-18-37(39)41)35-21-13-15-31-14-7-8-16-34(31)35/h7-24,26-27H,1-6H3. The van der Waals surface area contributed by atoms with Crippen LogP contribution in [0.5, 0.6) is 0 Å². The predicted octanol–water partition coefficient (Wildman–Crippen LogP) is 12.2. The minimum absolute atomic E-state index is 0.553. The van der Waals surface area contributed by atoms with Gasteiger partial charge in [0.2, 0.25) is 0 Å². The number of rotatable bonds is 3. The van der Waals surface area contributed by atoms with Crippen molar-refractivity contribution in [1.82, 2.24) is 0 Å². The van der Waals surface area contributed by atoms with Crippen LogP contribution >= 0.6 is 0 Å². The Balaban J connectivity index is 1.50. The predicted molar refractivity (Wildman–Crippen MR) is 184 cm³/mol. The van der Waals surface area contributed by atoms with Crippen LogP contribution in [0.3, 0.4) is 0 Å². The third-order valence-electron chi connectivity index (χ3n) is 10.3. The van der Waals surface area contributed by atoms with E-state index >= 15 is 0 Å². The average molecular weight is 543 g/mol. The maximum Gasteiger partial charge on any atom is -0.00201 e. The molecule has 0 amide bonds. The van der Waals surface area contributed by atoms with Gasteiger partial charge in [-0.05, 0) is 116 Å². The molecule has 0 spiro atoms. The normalized spacial score (nSPS) is 17.6. The second-order valence-corrected chi connectivity index (χ2v) is 12.3. The van der Waals surface area contributed by atoms with Crippen molar-refractivity contribution in [2.24, 2.45) is 11.8 Å². The monoisotopic (exact) mass is 542 g/mol. The second-order valence-electron chi connectivity index (χ2n) is 12.3. The zero-order chi connectivity index (χ0) is 29.1. The van der Waals surface area contributed by atoms with Gasteiger partial charge in [-0.3, -0.25) is 0 Å². The Bertz CT molecular complexity index is 2040. The van der Waals surface area contributed by atoms with Crippen molar-refractivity contribution in [2.75, 3.05) is 0 Å². The van der Waals surface area contributed by atoms with Gasteiger partial charge in [0.15, 0.2) is 0 Å². The first kappa shape index (κ1) is 26.5. The highest BCUT2D eigenvalue weighted by molar-refractivity contribution is 6.23. The molecule has 0 heterocycles. The summed E-state index contributed by atoms with van der Waals surface area (Å²) in [5, 5.41) is 7.76. The van der Waals surface area contributed by atoms with Crippen molar-refractivity contribution < 1.29 is 0 Å². The number of hydrogen-bond donors (Lipinski definition) is 0. The molecule has 0 radical (unpaired) electrons. The zero-order valence-electron chi connectivity index (χ0n) is 25.5. The molecular weight excluding hydrogens is 504 g/mol. The molecule has 0 nitrogen and oxygen atoms in total. The fourth-order valence-corrected chi connectivity index (χ4v) is 7.50. The van der Waals surface area contributed by atoms with Crippen LogP contribution < -0.4 is 0 Å². The van der Waals surface area contributed by atoms with E-state index in [0.29, 0.717) is 11.8 Å². The lowest BCUT2D eigenvalue weighted by Crippen LogP contribution is -2.18. The van der Waals surface area contributed by atoms with E-state index in [2.05, 4.69) is 151 Å². The average Bonchev–Trinajstić information content (AvgIpc) is 3.02. The molecule has 6 aromatic carbocycles. The fourth-order valence-electron chi connectivity index (χ4n) is 7.50. The summed E-state index contributed by atoms with van der Waals surface area (Å²) in [7, 11) is 0. The Morgan fingerprint density at radius 3 is 1.60 bits per heavy atom. The molecule has 1 aliphatic rings. The Kier molecular flexibility index (Phi) is 6.39. The third-order valence-corrected chi connectivity index (χ3v) is 10.3. The number of aryl methyl sites for hydroxylation is 1. The largest absolute Gasteiger partial charge is 0.0664 e. The summed E-state index contributed by atoms with van der Waals surface area (Å²) >= 11 is 0. The van der Waals surface area contributed by atoms with Gasteiger partial charge in [0.25, 0.3) is 0 Å². The summed E-state index contributed by atoms with van der Waals surface area (Å²) in [4.78, 5) is 0. The fraction of sp³-hybridized carbons (Fsp3) is 0.190. The smallest absolute Gasteiger partial charge is 0.00201 e. The van der Waals surface area contributed by atoms with Gasteiger partial charge < -0.3 is 0 Å². The van der Waals surface area contributed by atoms with E-state index < -0.39 is 0 Å². The van der Waals surface area contributed by atoms with Crippen molar-refractivity contribution in [3.63, 3.8) is 0 Å². The molecule has 0 aliphatic heterocycles. The summed E-state index contributed by atoms with van der Waals surface area (Å²) < 4.78 is 0. The highest BCUT2D eigenvalue weighted by Gasteiger charge is 2.27. The Labute approximate surface area is 250 Å². The summed E-state index contributed by atoms with van der Waals surface area (Å²) in [6, 6.07) is 40.6. The molecule has 0 bridgehead atoms. The number of hydrogen-bond acceptors (Lipinski definition) is 0. The Hall–Kier alpha value is -4.42. The van der Waals surface area contributed by atoms with Gasteiger partial charge in [0.05, 0.1) is 0 Å². The topological polar surface area (TPSA) is 0 Å². The Morgan fingerprint density at radius 2 is 0.976 bits per heavy atom. The summed E-state index contributed by atoms with van der Waals surface area (Å²) in [5.41, 5.74) is 13.8. The lowest BCUT2D eigenvalue weighted by atomic mass is 9.72. The molecule has 7 rings (SSSR count). The van der Waals surface area contributed by atoms with Gasteiger partial charge in [0.1, 0.15) is 0 Å². The highest BCUT2D eigenvalue weighted by atomic mass is 14.3. The van der Waals surface area contributed by atoms with Crippen LogP contribution in [-0.4, -0.2) is 0 Å². The van der Waals surface area contributed by atoms with Crippen LogP contribution in [0, 0.1) is 18.8 Å². The minimum atomic E-state index is 0.553. The van der Waals surface area contributed by atoms with Gasteiger partial charge >= 0.3 is 0 Å². The number of fused-ring (bicyclic) bond motifs is 3. The van der Waals surface area contributed by atoms with Crippen molar-refractivity contribution in [3.05, 3.63) is 137 Å². The second kappa shape index (κ2) is 10.1. The third kappa shape index (κ3) is 3.97. The molecular formula is C42H38. The molecule has 0 saturated heterocycles. The number of benzene rings is 6. The van der Waals surface area contributed by atoms with Gasteiger partial charge in [-0.15, -0.1) is 0 Å².